The Morgan fingerprint density at radius 2 is 0.857 bits per heavy atom. The fourth-order valence-corrected chi connectivity index (χ4v) is 9.12. The number of fused-ring (bicyclic) bond motifs is 3. The molecule has 0 amide bonds. The summed E-state index contributed by atoms with van der Waals surface area (Å²) < 4.78 is 6.58. The molecule has 0 aliphatic heterocycles. The molecule has 3 nitrogen and oxygen atoms in total. The average molecular weight is 811 g/mol. The van der Waals surface area contributed by atoms with Crippen molar-refractivity contribution in [3.63, 3.8) is 0 Å². The van der Waals surface area contributed by atoms with Crippen LogP contribution in [0.1, 0.15) is 36.3 Å². The zero-order valence-electron chi connectivity index (χ0n) is 35.0. The zero-order valence-corrected chi connectivity index (χ0v) is 35.0. The van der Waals surface area contributed by atoms with E-state index in [0.29, 0.717) is 5.92 Å². The van der Waals surface area contributed by atoms with E-state index in [0.717, 1.165) is 75.3 Å². The third kappa shape index (κ3) is 7.71. The van der Waals surface area contributed by atoms with Crippen LogP contribution < -0.4 is 9.80 Å². The van der Waals surface area contributed by atoms with Gasteiger partial charge >= 0.3 is 0 Å². The summed E-state index contributed by atoms with van der Waals surface area (Å²) >= 11 is 0. The van der Waals surface area contributed by atoms with E-state index < -0.39 is 0 Å². The lowest BCUT2D eigenvalue weighted by molar-refractivity contribution is 0.669. The molecule has 302 valence electrons. The highest BCUT2D eigenvalue weighted by Gasteiger charge is 2.20. The molecule has 3 heteroatoms. The minimum absolute atomic E-state index is 0.385. The molecular formula is C60H46N2O. The van der Waals surface area contributed by atoms with E-state index in [1.54, 1.807) is 0 Å². The minimum atomic E-state index is 0.385. The molecular weight excluding hydrogens is 765 g/mol. The van der Waals surface area contributed by atoms with Gasteiger partial charge in [0.05, 0.1) is 0 Å². The van der Waals surface area contributed by atoms with Crippen LogP contribution >= 0.6 is 0 Å². The highest BCUT2D eigenvalue weighted by atomic mass is 16.3. The van der Waals surface area contributed by atoms with Crippen LogP contribution in [-0.4, -0.2) is 0 Å². The zero-order chi connectivity index (χ0) is 42.0. The summed E-state index contributed by atoms with van der Waals surface area (Å²) in [5.41, 5.74) is 16.8. The SMILES string of the molecule is C1=CCC(c2ccc(N(c3ccc(-c4ccccc4)cc3)c3ccc4oc5ccc(N(c6ccc(C7=CCCC=C7)cc6)c6ccc(-c7ccccc7)cc6)cc5c4c3)cc2)C=C1. The lowest BCUT2D eigenvalue weighted by Gasteiger charge is -2.27. The summed E-state index contributed by atoms with van der Waals surface area (Å²) in [5, 5.41) is 2.13. The Balaban J connectivity index is 1.01. The van der Waals surface area contributed by atoms with E-state index in [1.165, 1.54) is 39.0 Å². The molecule has 1 aromatic heterocycles. The van der Waals surface area contributed by atoms with Gasteiger partial charge in [-0.1, -0.05) is 152 Å². The number of hydrogen-bond donors (Lipinski definition) is 0. The predicted molar refractivity (Wildman–Crippen MR) is 266 cm³/mol. The van der Waals surface area contributed by atoms with Crippen LogP contribution in [0.4, 0.5) is 34.1 Å². The molecule has 1 atom stereocenters. The van der Waals surface area contributed by atoms with Crippen molar-refractivity contribution in [3.8, 4) is 22.3 Å². The van der Waals surface area contributed by atoms with Gasteiger partial charge < -0.3 is 14.2 Å². The van der Waals surface area contributed by atoms with Gasteiger partial charge in [-0.25, -0.2) is 0 Å². The number of rotatable bonds is 10. The Hall–Kier alpha value is -7.88. The number of furan rings is 1. The second-order valence-corrected chi connectivity index (χ2v) is 16.4. The Morgan fingerprint density at radius 1 is 0.397 bits per heavy atom. The van der Waals surface area contributed by atoms with Crippen molar-refractivity contribution in [1.82, 2.24) is 0 Å². The van der Waals surface area contributed by atoms with E-state index in [1.807, 2.05) is 0 Å². The van der Waals surface area contributed by atoms with Gasteiger partial charge in [0, 0.05) is 50.8 Å². The predicted octanol–water partition coefficient (Wildman–Crippen LogP) is 17.2. The first-order valence-corrected chi connectivity index (χ1v) is 22.0. The molecule has 9 aromatic rings. The molecule has 0 saturated heterocycles. The molecule has 0 bridgehead atoms. The van der Waals surface area contributed by atoms with Crippen molar-refractivity contribution in [2.45, 2.75) is 25.2 Å². The van der Waals surface area contributed by atoms with E-state index in [9.17, 15) is 0 Å². The van der Waals surface area contributed by atoms with Gasteiger partial charge in [0.15, 0.2) is 0 Å². The maximum atomic E-state index is 6.58. The average Bonchev–Trinajstić information content (AvgIpc) is 3.73. The lowest BCUT2D eigenvalue weighted by atomic mass is 9.92. The molecule has 11 rings (SSSR count). The first kappa shape index (κ1) is 38.1. The van der Waals surface area contributed by atoms with Crippen molar-refractivity contribution in [1.29, 1.82) is 0 Å². The molecule has 0 radical (unpaired) electrons. The summed E-state index contributed by atoms with van der Waals surface area (Å²) in [6.45, 7) is 0. The first-order chi connectivity index (χ1) is 31.2. The Kier molecular flexibility index (Phi) is 10.2. The highest BCUT2D eigenvalue weighted by Crippen LogP contribution is 2.43. The van der Waals surface area contributed by atoms with Crippen LogP contribution in [0.25, 0.3) is 49.8 Å². The molecule has 0 fully saturated rings. The van der Waals surface area contributed by atoms with Gasteiger partial charge in [-0.05, 0) is 143 Å². The monoisotopic (exact) mass is 810 g/mol. The number of allylic oxidation sites excluding steroid dienone is 8. The number of benzene rings is 8. The maximum absolute atomic E-state index is 6.58. The van der Waals surface area contributed by atoms with Crippen molar-refractivity contribution >= 4 is 61.6 Å². The second kappa shape index (κ2) is 16.9. The summed E-state index contributed by atoms with van der Waals surface area (Å²) in [5.74, 6) is 0.385. The summed E-state index contributed by atoms with van der Waals surface area (Å²) in [6, 6.07) is 70.2. The van der Waals surface area contributed by atoms with Crippen LogP contribution in [0.5, 0.6) is 0 Å². The van der Waals surface area contributed by atoms with E-state index in [4.69, 9.17) is 4.42 Å². The summed E-state index contributed by atoms with van der Waals surface area (Å²) in [7, 11) is 0. The largest absolute Gasteiger partial charge is 0.456 e. The maximum Gasteiger partial charge on any atom is 0.135 e. The van der Waals surface area contributed by atoms with Crippen molar-refractivity contribution < 1.29 is 4.42 Å². The van der Waals surface area contributed by atoms with Gasteiger partial charge in [0.1, 0.15) is 11.2 Å². The van der Waals surface area contributed by atoms with Crippen molar-refractivity contribution in [3.05, 3.63) is 248 Å². The first-order valence-electron chi connectivity index (χ1n) is 22.0. The van der Waals surface area contributed by atoms with E-state index in [-0.39, 0.29) is 0 Å². The molecule has 1 unspecified atom stereocenters. The normalized spacial score (nSPS) is 14.5. The van der Waals surface area contributed by atoms with Crippen LogP contribution in [-0.2, 0) is 0 Å². The van der Waals surface area contributed by atoms with Crippen LogP contribution in [0.3, 0.4) is 0 Å². The van der Waals surface area contributed by atoms with Crippen molar-refractivity contribution in [2.24, 2.45) is 0 Å². The van der Waals surface area contributed by atoms with Crippen LogP contribution in [0.15, 0.2) is 241 Å². The number of anilines is 6. The minimum Gasteiger partial charge on any atom is -0.456 e. The molecule has 2 aliphatic carbocycles. The Labute approximate surface area is 369 Å². The van der Waals surface area contributed by atoms with E-state index in [2.05, 4.69) is 246 Å². The lowest BCUT2D eigenvalue weighted by Crippen LogP contribution is -2.10. The second-order valence-electron chi connectivity index (χ2n) is 16.4. The molecule has 63 heavy (non-hydrogen) atoms. The quantitative estimate of drug-likeness (QED) is 0.137. The Bertz CT molecular complexity index is 3150. The summed E-state index contributed by atoms with van der Waals surface area (Å²) in [6.07, 6.45) is 18.9. The van der Waals surface area contributed by atoms with Gasteiger partial charge in [-0.15, -0.1) is 0 Å². The third-order valence-electron chi connectivity index (χ3n) is 12.4. The smallest absolute Gasteiger partial charge is 0.135 e. The van der Waals surface area contributed by atoms with Crippen LogP contribution in [0.2, 0.25) is 0 Å². The van der Waals surface area contributed by atoms with Gasteiger partial charge in [0.25, 0.3) is 0 Å². The van der Waals surface area contributed by atoms with Gasteiger partial charge in [-0.3, -0.25) is 0 Å². The molecule has 0 N–H and O–H groups in total. The molecule has 2 aliphatic rings. The fourth-order valence-electron chi connectivity index (χ4n) is 9.12. The molecule has 0 saturated carbocycles. The highest BCUT2D eigenvalue weighted by molar-refractivity contribution is 6.08. The summed E-state index contributed by atoms with van der Waals surface area (Å²) in [4.78, 5) is 4.71. The standard InChI is InChI=1S/C60H46N2O/c1-5-13-43(14-6-1)47-21-29-51(30-22-47)61(52-31-23-48(24-32-52)44-15-7-2-8-16-44)55-37-39-59-57(41-55)58-42-56(38-40-60(58)63-59)62(53-33-25-49(26-34-53)45-17-9-3-10-18-45)54-35-27-50(28-36-54)46-19-11-4-12-20-46/h1-3,5-11,13-15,17-42,44H,4,12,16H2. The number of hydrogen-bond acceptors (Lipinski definition) is 3. The van der Waals surface area contributed by atoms with Gasteiger partial charge in [-0.2, -0.15) is 0 Å². The van der Waals surface area contributed by atoms with Crippen LogP contribution in [0, 0.1) is 0 Å². The third-order valence-corrected chi connectivity index (χ3v) is 12.4. The van der Waals surface area contributed by atoms with Gasteiger partial charge in [0.2, 0.25) is 0 Å². The molecule has 1 heterocycles. The molecule has 8 aromatic carbocycles. The topological polar surface area (TPSA) is 19.6 Å². The Morgan fingerprint density at radius 3 is 1.32 bits per heavy atom. The number of nitrogens with zero attached hydrogens (tertiary/aromatic N) is 2. The van der Waals surface area contributed by atoms with E-state index >= 15 is 0 Å². The van der Waals surface area contributed by atoms with Crippen molar-refractivity contribution in [2.75, 3.05) is 9.80 Å². The molecule has 0 spiro atoms. The fraction of sp³-hybridized carbons (Fsp3) is 0.0667.